The summed E-state index contributed by atoms with van der Waals surface area (Å²) >= 11 is 0. The summed E-state index contributed by atoms with van der Waals surface area (Å²) in [5, 5.41) is 8.56. The van der Waals surface area contributed by atoms with Crippen LogP contribution in [0, 0.1) is 0 Å². The van der Waals surface area contributed by atoms with E-state index in [1.807, 2.05) is 0 Å². The number of nitrogens with two attached hydrogens (primary N) is 1. The number of aromatic nitrogens is 3. The van der Waals surface area contributed by atoms with Crippen molar-refractivity contribution in [2.75, 3.05) is 24.5 Å². The first-order valence-electron chi connectivity index (χ1n) is 6.24. The van der Waals surface area contributed by atoms with Gasteiger partial charge < -0.3 is 10.6 Å². The van der Waals surface area contributed by atoms with E-state index in [9.17, 15) is 0 Å². The molecule has 2 N–H and O–H groups in total. The third kappa shape index (κ3) is 2.19. The van der Waals surface area contributed by atoms with Crippen molar-refractivity contribution in [2.45, 2.75) is 39.2 Å². The molecule has 1 aliphatic heterocycles. The second-order valence-corrected chi connectivity index (χ2v) is 4.25. The van der Waals surface area contributed by atoms with Gasteiger partial charge in [-0.05, 0) is 32.7 Å². The van der Waals surface area contributed by atoms with E-state index >= 15 is 0 Å². The molecule has 0 spiro atoms. The average Bonchev–Trinajstić information content (AvgIpc) is 2.73. The van der Waals surface area contributed by atoms with Crippen LogP contribution in [0.15, 0.2) is 0 Å². The Balaban J connectivity index is 2.18. The Kier molecular flexibility index (Phi) is 3.77. The maximum Gasteiger partial charge on any atom is 0.227 e. The molecule has 5 nitrogen and oxygen atoms in total. The Labute approximate surface area is 96.6 Å². The summed E-state index contributed by atoms with van der Waals surface area (Å²) in [6.45, 7) is 5.92. The predicted molar refractivity (Wildman–Crippen MR) is 64.5 cm³/mol. The summed E-state index contributed by atoms with van der Waals surface area (Å²) in [7, 11) is 0. The number of rotatable bonds is 4. The van der Waals surface area contributed by atoms with Crippen LogP contribution >= 0.6 is 0 Å². The summed E-state index contributed by atoms with van der Waals surface area (Å²) in [4.78, 5) is 2.35. The molecule has 0 aromatic carbocycles. The summed E-state index contributed by atoms with van der Waals surface area (Å²) in [6.07, 6.45) is 4.69. The van der Waals surface area contributed by atoms with Crippen LogP contribution in [-0.4, -0.2) is 34.4 Å². The minimum atomic E-state index is 0.637. The zero-order chi connectivity index (χ0) is 11.4. The lowest BCUT2D eigenvalue weighted by molar-refractivity contribution is 0.553. The monoisotopic (exact) mass is 223 g/mol. The van der Waals surface area contributed by atoms with Crippen molar-refractivity contribution in [3.05, 3.63) is 5.82 Å². The first-order chi connectivity index (χ1) is 7.86. The standard InChI is InChI=1S/C11H21N5/c1-2-16-10(6-7-12)13-14-11(16)15-8-4-3-5-9-15/h2-9,12H2,1H3. The van der Waals surface area contributed by atoms with Crippen molar-refractivity contribution in [3.8, 4) is 0 Å². The van der Waals surface area contributed by atoms with Crippen molar-refractivity contribution in [1.82, 2.24) is 14.8 Å². The van der Waals surface area contributed by atoms with Gasteiger partial charge in [0.2, 0.25) is 5.95 Å². The lowest BCUT2D eigenvalue weighted by Crippen LogP contribution is -2.32. The Morgan fingerprint density at radius 2 is 1.94 bits per heavy atom. The van der Waals surface area contributed by atoms with Crippen LogP contribution in [0.2, 0.25) is 0 Å². The largest absolute Gasteiger partial charge is 0.341 e. The van der Waals surface area contributed by atoms with Gasteiger partial charge in [0.15, 0.2) is 0 Å². The van der Waals surface area contributed by atoms with E-state index in [1.165, 1.54) is 19.3 Å². The zero-order valence-electron chi connectivity index (χ0n) is 10.0. The van der Waals surface area contributed by atoms with Crippen LogP contribution in [-0.2, 0) is 13.0 Å². The number of anilines is 1. The average molecular weight is 223 g/mol. The molecule has 1 aromatic rings. The maximum atomic E-state index is 5.58. The molecule has 0 bridgehead atoms. The second kappa shape index (κ2) is 5.30. The molecular formula is C11H21N5. The fourth-order valence-corrected chi connectivity index (χ4v) is 2.29. The molecule has 1 fully saturated rings. The van der Waals surface area contributed by atoms with Gasteiger partial charge >= 0.3 is 0 Å². The quantitative estimate of drug-likeness (QED) is 0.820. The zero-order valence-corrected chi connectivity index (χ0v) is 10.0. The molecule has 2 heterocycles. The molecule has 0 unspecified atom stereocenters. The van der Waals surface area contributed by atoms with E-state index < -0.39 is 0 Å². The van der Waals surface area contributed by atoms with Crippen LogP contribution in [0.4, 0.5) is 5.95 Å². The van der Waals surface area contributed by atoms with Crippen LogP contribution in [0.3, 0.4) is 0 Å². The number of hydrogen-bond acceptors (Lipinski definition) is 4. The molecule has 0 radical (unpaired) electrons. The van der Waals surface area contributed by atoms with Gasteiger partial charge in [-0.3, -0.25) is 4.57 Å². The molecule has 1 aliphatic rings. The molecule has 2 rings (SSSR count). The van der Waals surface area contributed by atoms with Crippen LogP contribution in [0.5, 0.6) is 0 Å². The molecule has 0 amide bonds. The number of hydrogen-bond donors (Lipinski definition) is 1. The number of piperidine rings is 1. The molecule has 0 saturated carbocycles. The first kappa shape index (κ1) is 11.4. The van der Waals surface area contributed by atoms with Crippen molar-refractivity contribution in [2.24, 2.45) is 5.73 Å². The van der Waals surface area contributed by atoms with Gasteiger partial charge in [-0.1, -0.05) is 0 Å². The minimum Gasteiger partial charge on any atom is -0.341 e. The van der Waals surface area contributed by atoms with E-state index in [0.29, 0.717) is 6.54 Å². The highest BCUT2D eigenvalue weighted by Gasteiger charge is 2.18. The van der Waals surface area contributed by atoms with Crippen LogP contribution in [0.25, 0.3) is 0 Å². The smallest absolute Gasteiger partial charge is 0.227 e. The highest BCUT2D eigenvalue weighted by Crippen LogP contribution is 2.18. The van der Waals surface area contributed by atoms with Gasteiger partial charge in [-0.15, -0.1) is 10.2 Å². The van der Waals surface area contributed by atoms with Gasteiger partial charge in [0, 0.05) is 26.1 Å². The molecular weight excluding hydrogens is 202 g/mol. The van der Waals surface area contributed by atoms with Crippen molar-refractivity contribution < 1.29 is 0 Å². The molecule has 0 atom stereocenters. The first-order valence-corrected chi connectivity index (χ1v) is 6.24. The Bertz CT molecular complexity index is 327. The highest BCUT2D eigenvalue weighted by atomic mass is 15.4. The SMILES string of the molecule is CCn1c(CCN)nnc1N1CCCCC1. The van der Waals surface area contributed by atoms with Crippen molar-refractivity contribution >= 4 is 5.95 Å². The lowest BCUT2D eigenvalue weighted by Gasteiger charge is -2.27. The third-order valence-corrected chi connectivity index (χ3v) is 3.13. The molecule has 16 heavy (non-hydrogen) atoms. The topological polar surface area (TPSA) is 60.0 Å². The van der Waals surface area contributed by atoms with Crippen molar-refractivity contribution in [1.29, 1.82) is 0 Å². The Morgan fingerprint density at radius 3 is 2.56 bits per heavy atom. The summed E-state index contributed by atoms with van der Waals surface area (Å²) in [6, 6.07) is 0. The van der Waals surface area contributed by atoms with E-state index in [-0.39, 0.29) is 0 Å². The molecule has 5 heteroatoms. The van der Waals surface area contributed by atoms with Gasteiger partial charge in [0.05, 0.1) is 0 Å². The number of nitrogens with zero attached hydrogens (tertiary/aromatic N) is 4. The predicted octanol–water partition coefficient (Wildman–Crippen LogP) is 0.789. The van der Waals surface area contributed by atoms with E-state index in [2.05, 4.69) is 26.6 Å². The summed E-state index contributed by atoms with van der Waals surface area (Å²) < 4.78 is 2.19. The molecule has 1 saturated heterocycles. The second-order valence-electron chi connectivity index (χ2n) is 4.25. The van der Waals surface area contributed by atoms with Gasteiger partial charge in [0.1, 0.15) is 5.82 Å². The van der Waals surface area contributed by atoms with Crippen molar-refractivity contribution in [3.63, 3.8) is 0 Å². The fraction of sp³-hybridized carbons (Fsp3) is 0.818. The minimum absolute atomic E-state index is 0.637. The Morgan fingerprint density at radius 1 is 1.19 bits per heavy atom. The van der Waals surface area contributed by atoms with Gasteiger partial charge in [0.25, 0.3) is 0 Å². The van der Waals surface area contributed by atoms with Crippen LogP contribution in [0.1, 0.15) is 32.0 Å². The lowest BCUT2D eigenvalue weighted by atomic mass is 10.1. The normalized spacial score (nSPS) is 16.8. The fourth-order valence-electron chi connectivity index (χ4n) is 2.29. The van der Waals surface area contributed by atoms with E-state index in [0.717, 1.165) is 37.8 Å². The highest BCUT2D eigenvalue weighted by molar-refractivity contribution is 5.31. The maximum absolute atomic E-state index is 5.58. The van der Waals surface area contributed by atoms with Gasteiger partial charge in [-0.2, -0.15) is 0 Å². The molecule has 1 aromatic heterocycles. The van der Waals surface area contributed by atoms with E-state index in [4.69, 9.17) is 5.73 Å². The summed E-state index contributed by atoms with van der Waals surface area (Å²) in [5.74, 6) is 2.05. The summed E-state index contributed by atoms with van der Waals surface area (Å²) in [5.41, 5.74) is 5.58. The van der Waals surface area contributed by atoms with E-state index in [1.54, 1.807) is 0 Å². The van der Waals surface area contributed by atoms with Gasteiger partial charge in [-0.25, -0.2) is 0 Å². The molecule has 0 aliphatic carbocycles. The molecule has 90 valence electrons. The third-order valence-electron chi connectivity index (χ3n) is 3.13. The van der Waals surface area contributed by atoms with Crippen LogP contribution < -0.4 is 10.6 Å². The Hall–Kier alpha value is -1.10.